The normalized spacial score (nSPS) is 9.95. The predicted molar refractivity (Wildman–Crippen MR) is 74.4 cm³/mol. The number of rotatable bonds is 4. The molecule has 0 bridgehead atoms. The fraction of sp³-hybridized carbons (Fsp3) is 0.200. The van der Waals surface area contributed by atoms with Crippen molar-refractivity contribution in [1.29, 1.82) is 0 Å². The second kappa shape index (κ2) is 6.54. The van der Waals surface area contributed by atoms with Crippen molar-refractivity contribution < 1.29 is 4.79 Å². The van der Waals surface area contributed by atoms with Gasteiger partial charge in [0.05, 0.1) is 12.2 Å². The van der Waals surface area contributed by atoms with Crippen LogP contribution < -0.4 is 5.32 Å². The zero-order valence-electron chi connectivity index (χ0n) is 10.9. The smallest absolute Gasteiger partial charge is 0.317 e. The molecule has 4 nitrogen and oxygen atoms in total. The average Bonchev–Trinajstić information content (AvgIpc) is 2.47. The van der Waals surface area contributed by atoms with Crippen LogP contribution in [0.3, 0.4) is 0 Å². The molecule has 2 rings (SSSR count). The standard InChI is InChI=1S/C15H17N3O/c1-18(12-13-7-3-2-4-8-13)15(19)17-11-14-9-5-6-10-16-14/h2-10H,11-12H2,1H3,(H,17,19). The minimum absolute atomic E-state index is 0.102. The van der Waals surface area contributed by atoms with Gasteiger partial charge < -0.3 is 10.2 Å². The monoisotopic (exact) mass is 255 g/mol. The van der Waals surface area contributed by atoms with Gasteiger partial charge in [0.2, 0.25) is 0 Å². The van der Waals surface area contributed by atoms with E-state index in [9.17, 15) is 4.79 Å². The first-order valence-corrected chi connectivity index (χ1v) is 6.18. The molecule has 1 aromatic heterocycles. The molecule has 0 atom stereocenters. The quantitative estimate of drug-likeness (QED) is 0.912. The second-order valence-corrected chi connectivity index (χ2v) is 4.32. The summed E-state index contributed by atoms with van der Waals surface area (Å²) in [5.41, 5.74) is 1.96. The van der Waals surface area contributed by atoms with Crippen molar-refractivity contribution in [3.05, 3.63) is 66.0 Å². The van der Waals surface area contributed by atoms with E-state index >= 15 is 0 Å². The number of amides is 2. The van der Waals surface area contributed by atoms with E-state index in [-0.39, 0.29) is 6.03 Å². The van der Waals surface area contributed by atoms with Gasteiger partial charge in [-0.15, -0.1) is 0 Å². The Morgan fingerprint density at radius 3 is 2.58 bits per heavy atom. The molecule has 1 aromatic carbocycles. The van der Waals surface area contributed by atoms with Gasteiger partial charge in [0.25, 0.3) is 0 Å². The highest BCUT2D eigenvalue weighted by Crippen LogP contribution is 2.02. The van der Waals surface area contributed by atoms with E-state index in [1.54, 1.807) is 18.1 Å². The fourth-order valence-corrected chi connectivity index (χ4v) is 1.73. The van der Waals surface area contributed by atoms with Crippen LogP contribution in [0.5, 0.6) is 0 Å². The van der Waals surface area contributed by atoms with Crippen LogP contribution in [-0.2, 0) is 13.1 Å². The molecule has 2 aromatic rings. The molecule has 98 valence electrons. The van der Waals surface area contributed by atoms with Crippen molar-refractivity contribution in [2.45, 2.75) is 13.1 Å². The molecular weight excluding hydrogens is 238 g/mol. The Morgan fingerprint density at radius 2 is 1.89 bits per heavy atom. The molecular formula is C15H17N3O. The molecule has 0 saturated heterocycles. The number of benzene rings is 1. The molecule has 0 fully saturated rings. The average molecular weight is 255 g/mol. The molecule has 4 heteroatoms. The second-order valence-electron chi connectivity index (χ2n) is 4.32. The zero-order valence-corrected chi connectivity index (χ0v) is 10.9. The highest BCUT2D eigenvalue weighted by atomic mass is 16.2. The third kappa shape index (κ3) is 4.10. The first-order chi connectivity index (χ1) is 9.25. The number of nitrogens with zero attached hydrogens (tertiary/aromatic N) is 2. The summed E-state index contributed by atoms with van der Waals surface area (Å²) in [6, 6.07) is 15.4. The van der Waals surface area contributed by atoms with Crippen LogP contribution in [0.2, 0.25) is 0 Å². The number of aromatic nitrogens is 1. The molecule has 19 heavy (non-hydrogen) atoms. The lowest BCUT2D eigenvalue weighted by Gasteiger charge is -2.17. The van der Waals surface area contributed by atoms with Gasteiger partial charge in [0.15, 0.2) is 0 Å². The molecule has 0 unspecified atom stereocenters. The van der Waals surface area contributed by atoms with Crippen molar-refractivity contribution in [3.63, 3.8) is 0 Å². The minimum atomic E-state index is -0.102. The Kier molecular flexibility index (Phi) is 4.50. The van der Waals surface area contributed by atoms with Gasteiger partial charge in [-0.25, -0.2) is 4.79 Å². The fourth-order valence-electron chi connectivity index (χ4n) is 1.73. The highest BCUT2D eigenvalue weighted by molar-refractivity contribution is 5.73. The summed E-state index contributed by atoms with van der Waals surface area (Å²) in [5.74, 6) is 0. The lowest BCUT2D eigenvalue weighted by atomic mass is 10.2. The van der Waals surface area contributed by atoms with Gasteiger partial charge in [0.1, 0.15) is 0 Å². The van der Waals surface area contributed by atoms with Crippen molar-refractivity contribution in [2.75, 3.05) is 7.05 Å². The topological polar surface area (TPSA) is 45.2 Å². The van der Waals surface area contributed by atoms with E-state index in [0.717, 1.165) is 11.3 Å². The van der Waals surface area contributed by atoms with Gasteiger partial charge in [0, 0.05) is 19.8 Å². The Balaban J connectivity index is 1.83. The molecule has 1 heterocycles. The van der Waals surface area contributed by atoms with Gasteiger partial charge in [-0.2, -0.15) is 0 Å². The van der Waals surface area contributed by atoms with Crippen LogP contribution >= 0.6 is 0 Å². The van der Waals surface area contributed by atoms with Gasteiger partial charge >= 0.3 is 6.03 Å². The minimum Gasteiger partial charge on any atom is -0.332 e. The van der Waals surface area contributed by atoms with Crippen LogP contribution in [0.1, 0.15) is 11.3 Å². The van der Waals surface area contributed by atoms with Crippen LogP contribution in [0.15, 0.2) is 54.7 Å². The van der Waals surface area contributed by atoms with E-state index in [4.69, 9.17) is 0 Å². The van der Waals surface area contributed by atoms with Crippen LogP contribution in [0, 0.1) is 0 Å². The van der Waals surface area contributed by atoms with E-state index in [0.29, 0.717) is 13.1 Å². The van der Waals surface area contributed by atoms with Crippen molar-refractivity contribution in [1.82, 2.24) is 15.2 Å². The highest BCUT2D eigenvalue weighted by Gasteiger charge is 2.08. The van der Waals surface area contributed by atoms with Gasteiger partial charge in [-0.3, -0.25) is 4.98 Å². The predicted octanol–water partition coefficient (Wildman–Crippen LogP) is 2.42. The molecule has 2 amide bonds. The lowest BCUT2D eigenvalue weighted by Crippen LogP contribution is -2.36. The van der Waals surface area contributed by atoms with Crippen molar-refractivity contribution in [2.24, 2.45) is 0 Å². The molecule has 0 saturated carbocycles. The van der Waals surface area contributed by atoms with E-state index in [1.807, 2.05) is 48.5 Å². The van der Waals surface area contributed by atoms with E-state index < -0.39 is 0 Å². The molecule has 0 aliphatic carbocycles. The number of pyridine rings is 1. The molecule has 0 aliphatic rings. The number of nitrogens with one attached hydrogen (secondary N) is 1. The third-order valence-electron chi connectivity index (χ3n) is 2.76. The maximum absolute atomic E-state index is 11.9. The largest absolute Gasteiger partial charge is 0.332 e. The summed E-state index contributed by atoms with van der Waals surface area (Å²) in [7, 11) is 1.78. The number of hydrogen-bond acceptors (Lipinski definition) is 2. The van der Waals surface area contributed by atoms with Crippen molar-refractivity contribution in [3.8, 4) is 0 Å². The maximum Gasteiger partial charge on any atom is 0.317 e. The summed E-state index contributed by atoms with van der Waals surface area (Å²) in [6.07, 6.45) is 1.72. The summed E-state index contributed by atoms with van der Waals surface area (Å²) in [5, 5.41) is 2.84. The van der Waals surface area contributed by atoms with Crippen LogP contribution in [0.25, 0.3) is 0 Å². The Hall–Kier alpha value is -2.36. The Labute approximate surface area is 113 Å². The number of carbonyl (C=O) groups excluding carboxylic acids is 1. The Morgan fingerprint density at radius 1 is 1.16 bits per heavy atom. The summed E-state index contributed by atoms with van der Waals surface area (Å²) < 4.78 is 0. The van der Waals surface area contributed by atoms with Crippen LogP contribution in [0.4, 0.5) is 4.79 Å². The van der Waals surface area contributed by atoms with E-state index in [1.165, 1.54) is 0 Å². The molecule has 1 N–H and O–H groups in total. The lowest BCUT2D eigenvalue weighted by molar-refractivity contribution is 0.206. The summed E-state index contributed by atoms with van der Waals surface area (Å²) in [6.45, 7) is 1.04. The number of carbonyl (C=O) groups is 1. The SMILES string of the molecule is CN(Cc1ccccc1)C(=O)NCc1ccccn1. The molecule has 0 aliphatic heterocycles. The van der Waals surface area contributed by atoms with Crippen molar-refractivity contribution >= 4 is 6.03 Å². The van der Waals surface area contributed by atoms with Crippen LogP contribution in [-0.4, -0.2) is 23.0 Å². The zero-order chi connectivity index (χ0) is 13.5. The number of hydrogen-bond donors (Lipinski definition) is 1. The van der Waals surface area contributed by atoms with Gasteiger partial charge in [-0.1, -0.05) is 36.4 Å². The first-order valence-electron chi connectivity index (χ1n) is 6.18. The Bertz CT molecular complexity index is 513. The summed E-state index contributed by atoms with van der Waals surface area (Å²) in [4.78, 5) is 17.7. The maximum atomic E-state index is 11.9. The first kappa shape index (κ1) is 13.1. The summed E-state index contributed by atoms with van der Waals surface area (Å²) >= 11 is 0. The molecule has 0 spiro atoms. The molecule has 0 radical (unpaired) electrons. The number of urea groups is 1. The van der Waals surface area contributed by atoms with Gasteiger partial charge in [-0.05, 0) is 17.7 Å². The third-order valence-corrected chi connectivity index (χ3v) is 2.76. The van der Waals surface area contributed by atoms with E-state index in [2.05, 4.69) is 10.3 Å².